The number of ketones is 1. The number of Topliss-reactive ketones (excluding diaryl/α,β-unsaturated/α-hetero) is 1. The zero-order valence-corrected chi connectivity index (χ0v) is 9.92. The second kappa shape index (κ2) is 5.12. The predicted octanol–water partition coefficient (Wildman–Crippen LogP) is 1.90. The Hall–Kier alpha value is -1.33. The van der Waals surface area contributed by atoms with E-state index in [2.05, 4.69) is 0 Å². The summed E-state index contributed by atoms with van der Waals surface area (Å²) in [4.78, 5) is 12.4. The lowest BCUT2D eigenvalue weighted by atomic mass is 9.74. The monoisotopic (exact) mass is 255 g/mol. The Morgan fingerprint density at radius 2 is 1.83 bits per heavy atom. The van der Waals surface area contributed by atoms with Gasteiger partial charge in [-0.2, -0.15) is 0 Å². The van der Waals surface area contributed by atoms with Crippen LogP contribution in [0, 0.1) is 17.0 Å². The molecule has 0 bridgehead atoms. The summed E-state index contributed by atoms with van der Waals surface area (Å²) < 4.78 is 32.4. The molecule has 2 N–H and O–H groups in total. The lowest BCUT2D eigenvalue weighted by Gasteiger charge is -2.34. The quantitative estimate of drug-likeness (QED) is 0.839. The van der Waals surface area contributed by atoms with E-state index < -0.39 is 28.4 Å². The van der Waals surface area contributed by atoms with Crippen molar-refractivity contribution in [3.8, 4) is 0 Å². The van der Waals surface area contributed by atoms with Crippen LogP contribution in [0.2, 0.25) is 0 Å². The highest BCUT2D eigenvalue weighted by Gasteiger charge is 2.41. The molecule has 1 aliphatic rings. The minimum absolute atomic E-state index is 0.0724. The summed E-state index contributed by atoms with van der Waals surface area (Å²) in [5.74, 6) is -2.22. The smallest absolute Gasteiger partial charge is 0.176 e. The Balaban J connectivity index is 2.40. The first-order valence-electron chi connectivity index (χ1n) is 5.87. The average molecular weight is 255 g/mol. The van der Waals surface area contributed by atoms with Gasteiger partial charge in [-0.05, 0) is 25.0 Å². The summed E-state index contributed by atoms with van der Waals surface area (Å²) >= 11 is 0. The van der Waals surface area contributed by atoms with E-state index in [0.717, 1.165) is 12.1 Å². The fourth-order valence-electron chi connectivity index (χ4n) is 2.27. The standard InChI is InChI=1S/C13H15F2NO2/c14-9-2-1-3-10(15)11(9)12(17)13(8-16)4-6-18-7-5-13/h1-3H,4-8,16H2. The van der Waals surface area contributed by atoms with E-state index in [4.69, 9.17) is 10.5 Å². The van der Waals surface area contributed by atoms with Crippen molar-refractivity contribution in [2.45, 2.75) is 12.8 Å². The highest BCUT2D eigenvalue weighted by molar-refractivity contribution is 6.01. The maximum Gasteiger partial charge on any atom is 0.176 e. The van der Waals surface area contributed by atoms with Crippen LogP contribution in [0.25, 0.3) is 0 Å². The molecule has 0 aromatic heterocycles. The summed E-state index contributed by atoms with van der Waals surface area (Å²) in [6, 6.07) is 3.40. The van der Waals surface area contributed by atoms with Crippen LogP contribution in [-0.2, 0) is 4.74 Å². The Kier molecular flexibility index (Phi) is 3.73. The molecular weight excluding hydrogens is 240 g/mol. The molecule has 1 heterocycles. The molecule has 0 atom stereocenters. The van der Waals surface area contributed by atoms with Crippen LogP contribution < -0.4 is 5.73 Å². The number of carbonyl (C=O) groups is 1. The summed E-state index contributed by atoms with van der Waals surface area (Å²) in [5, 5.41) is 0. The normalized spacial score (nSPS) is 18.6. The van der Waals surface area contributed by atoms with Gasteiger partial charge in [0.1, 0.15) is 11.6 Å². The molecule has 0 spiro atoms. The zero-order chi connectivity index (χ0) is 13.2. The molecular formula is C13H15F2NO2. The second-order valence-electron chi connectivity index (χ2n) is 4.52. The highest BCUT2D eigenvalue weighted by atomic mass is 19.1. The molecule has 18 heavy (non-hydrogen) atoms. The molecule has 2 rings (SSSR count). The van der Waals surface area contributed by atoms with E-state index in [1.807, 2.05) is 0 Å². The van der Waals surface area contributed by atoms with Crippen molar-refractivity contribution >= 4 is 5.78 Å². The number of rotatable bonds is 3. The van der Waals surface area contributed by atoms with E-state index in [9.17, 15) is 13.6 Å². The molecule has 1 aromatic rings. The third-order valence-corrected chi connectivity index (χ3v) is 3.51. The third-order valence-electron chi connectivity index (χ3n) is 3.51. The van der Waals surface area contributed by atoms with E-state index in [0.29, 0.717) is 26.1 Å². The minimum Gasteiger partial charge on any atom is -0.381 e. The van der Waals surface area contributed by atoms with E-state index in [1.165, 1.54) is 6.07 Å². The molecule has 3 nitrogen and oxygen atoms in total. The van der Waals surface area contributed by atoms with E-state index in [-0.39, 0.29) is 6.54 Å². The average Bonchev–Trinajstić information content (AvgIpc) is 2.39. The minimum atomic E-state index is -0.902. The zero-order valence-electron chi connectivity index (χ0n) is 9.92. The van der Waals surface area contributed by atoms with Crippen molar-refractivity contribution in [3.63, 3.8) is 0 Å². The van der Waals surface area contributed by atoms with Crippen molar-refractivity contribution < 1.29 is 18.3 Å². The number of hydrogen-bond acceptors (Lipinski definition) is 3. The maximum atomic E-state index is 13.6. The number of carbonyl (C=O) groups excluding carboxylic acids is 1. The van der Waals surface area contributed by atoms with Gasteiger partial charge < -0.3 is 10.5 Å². The summed E-state index contributed by atoms with van der Waals surface area (Å²) in [5.41, 5.74) is 4.27. The van der Waals surface area contributed by atoms with Crippen molar-refractivity contribution in [2.24, 2.45) is 11.1 Å². The van der Waals surface area contributed by atoms with Crippen LogP contribution in [0.5, 0.6) is 0 Å². The molecule has 1 saturated heterocycles. The first-order chi connectivity index (χ1) is 8.60. The highest BCUT2D eigenvalue weighted by Crippen LogP contribution is 2.34. The first-order valence-corrected chi connectivity index (χ1v) is 5.87. The lowest BCUT2D eigenvalue weighted by molar-refractivity contribution is 0.0195. The van der Waals surface area contributed by atoms with Crippen molar-refractivity contribution in [3.05, 3.63) is 35.4 Å². The molecule has 0 amide bonds. The Morgan fingerprint density at radius 1 is 1.28 bits per heavy atom. The van der Waals surface area contributed by atoms with Gasteiger partial charge in [0.25, 0.3) is 0 Å². The van der Waals surface area contributed by atoms with Crippen LogP contribution in [0.15, 0.2) is 18.2 Å². The number of nitrogens with two attached hydrogens (primary N) is 1. The fraction of sp³-hybridized carbons (Fsp3) is 0.462. The fourth-order valence-corrected chi connectivity index (χ4v) is 2.27. The topological polar surface area (TPSA) is 52.3 Å². The second-order valence-corrected chi connectivity index (χ2v) is 4.52. The summed E-state index contributed by atoms with van der Waals surface area (Å²) in [7, 11) is 0. The summed E-state index contributed by atoms with van der Waals surface area (Å²) in [6.45, 7) is 0.848. The van der Waals surface area contributed by atoms with Gasteiger partial charge >= 0.3 is 0 Å². The van der Waals surface area contributed by atoms with Crippen molar-refractivity contribution in [2.75, 3.05) is 19.8 Å². The molecule has 1 aliphatic heterocycles. The van der Waals surface area contributed by atoms with Crippen LogP contribution in [0.1, 0.15) is 23.2 Å². The van der Waals surface area contributed by atoms with Gasteiger partial charge in [0.2, 0.25) is 0 Å². The molecule has 1 aromatic carbocycles. The number of ether oxygens (including phenoxy) is 1. The van der Waals surface area contributed by atoms with Crippen molar-refractivity contribution in [1.82, 2.24) is 0 Å². The molecule has 0 saturated carbocycles. The maximum absolute atomic E-state index is 13.6. The molecule has 1 fully saturated rings. The van der Waals surface area contributed by atoms with Gasteiger partial charge in [-0.25, -0.2) is 8.78 Å². The first kappa shape index (κ1) is 13.1. The van der Waals surface area contributed by atoms with E-state index in [1.54, 1.807) is 0 Å². The number of benzene rings is 1. The molecule has 98 valence electrons. The molecule has 5 heteroatoms. The van der Waals surface area contributed by atoms with Gasteiger partial charge in [0.05, 0.1) is 11.0 Å². The summed E-state index contributed by atoms with van der Waals surface area (Å²) in [6.07, 6.45) is 0.798. The predicted molar refractivity (Wildman–Crippen MR) is 62.2 cm³/mol. The van der Waals surface area contributed by atoms with E-state index >= 15 is 0 Å². The van der Waals surface area contributed by atoms with Gasteiger partial charge in [0.15, 0.2) is 5.78 Å². The molecule has 0 unspecified atom stereocenters. The third kappa shape index (κ3) is 2.15. The number of halogens is 2. The van der Waals surface area contributed by atoms with Gasteiger partial charge in [-0.15, -0.1) is 0 Å². The Bertz CT molecular complexity index is 436. The van der Waals surface area contributed by atoms with Crippen LogP contribution >= 0.6 is 0 Å². The van der Waals surface area contributed by atoms with Crippen molar-refractivity contribution in [1.29, 1.82) is 0 Å². The lowest BCUT2D eigenvalue weighted by Crippen LogP contribution is -2.44. The largest absolute Gasteiger partial charge is 0.381 e. The van der Waals surface area contributed by atoms with Gasteiger partial charge in [-0.1, -0.05) is 6.07 Å². The van der Waals surface area contributed by atoms with Gasteiger partial charge in [-0.3, -0.25) is 4.79 Å². The SMILES string of the molecule is NCC1(C(=O)c2c(F)cccc2F)CCOCC1. The van der Waals surface area contributed by atoms with Gasteiger partial charge in [0, 0.05) is 19.8 Å². The Labute approximate surface area is 104 Å². The number of hydrogen-bond donors (Lipinski definition) is 1. The Morgan fingerprint density at radius 3 is 2.33 bits per heavy atom. The van der Waals surface area contributed by atoms with Crippen LogP contribution in [-0.4, -0.2) is 25.5 Å². The molecule has 0 radical (unpaired) electrons. The molecule has 0 aliphatic carbocycles. The van der Waals surface area contributed by atoms with Crippen LogP contribution in [0.4, 0.5) is 8.78 Å². The van der Waals surface area contributed by atoms with Crippen LogP contribution in [0.3, 0.4) is 0 Å².